The standard InChI is InChI=1S/2C28H31N3O3.C28H30N2O3.H3NO/c1-5-29(6-2)19-13-15-23-25(17-19)34-26-18-20(30(7-3)8-4)14-16-24(26)28(23)22-12-10-9-11-21(22)27(32)31(28)33;1-5-30(6-2)19-13-15-23-25(17-19)34-26-18-20(31(7-3)8-4)14-16-24(26)27(23)21-11-9-10-12-22(21)28(32)29-33;1-5-29(6-2)19-13-15-23-25(17-19)33-26-18-20(30(7-3)8-4)14-16-24(26)27(23)21-11-9-10-12-22(21)28(31)32;1-2/h9-18,33H,5-8H2,1-4H3;9-18H,5-8H2,1-4H3,(H-,29,32,33);9-18H,5-8H2,1-4H3;2H,1H2/p+2. The maximum atomic E-state index is 13.2. The molecular formula is C84H97N9O10+2. The van der Waals surface area contributed by atoms with Crippen LogP contribution in [0.1, 0.15) is 131 Å². The highest BCUT2D eigenvalue weighted by Crippen LogP contribution is 2.58. The number of nitrogens with zero attached hydrogens (tertiary/aromatic N) is 7. The highest BCUT2D eigenvalue weighted by molar-refractivity contribution is 6.10. The van der Waals surface area contributed by atoms with Crippen molar-refractivity contribution in [2.45, 2.75) is 88.6 Å². The number of rotatable bonds is 20. The van der Waals surface area contributed by atoms with Crippen LogP contribution in [0.2, 0.25) is 0 Å². The second-order valence-electron chi connectivity index (χ2n) is 24.9. The molecule has 13 rings (SSSR count). The summed E-state index contributed by atoms with van der Waals surface area (Å²) in [4.78, 5) is 46.9. The molecule has 0 radical (unpaired) electrons. The number of aromatic carboxylic acids is 1. The lowest BCUT2D eigenvalue weighted by molar-refractivity contribution is -0.102. The Hall–Kier alpha value is -10.8. The number of carboxylic acids is 1. The number of hydrogen-bond donors (Lipinski definition) is 6. The lowest BCUT2D eigenvalue weighted by Crippen LogP contribution is -2.45. The molecule has 0 bridgehead atoms. The topological polar surface area (TPSA) is 228 Å². The maximum Gasteiger partial charge on any atom is 0.336 e. The van der Waals surface area contributed by atoms with Crippen molar-refractivity contribution in [2.75, 3.05) is 98.1 Å². The molecule has 0 saturated carbocycles. The Morgan fingerprint density at radius 2 is 0.816 bits per heavy atom. The number of hydroxylamine groups is 3. The predicted octanol–water partition coefficient (Wildman–Crippen LogP) is 15.5. The second kappa shape index (κ2) is 33.3. The first-order valence-corrected chi connectivity index (χ1v) is 36.0. The highest BCUT2D eigenvalue weighted by Gasteiger charge is 2.57. The minimum absolute atomic E-state index is 0.284. The van der Waals surface area contributed by atoms with E-state index in [2.05, 4.69) is 191 Å². The number of nitrogens with two attached hydrogens (primary N) is 1. The number of ether oxygens (including phenoxy) is 1. The third kappa shape index (κ3) is 14.2. The number of carbonyl (C=O) groups excluding carboxylic acids is 2. The molecule has 19 nitrogen and oxygen atoms in total. The van der Waals surface area contributed by atoms with E-state index < -0.39 is 23.3 Å². The number of hydrogen-bond acceptors (Lipinski definition) is 14. The first-order chi connectivity index (χ1) is 50.1. The molecule has 4 heterocycles. The normalized spacial score (nSPS) is 12.2. The van der Waals surface area contributed by atoms with Gasteiger partial charge in [-0.15, -0.1) is 0 Å². The Morgan fingerprint density at radius 3 is 1.21 bits per heavy atom. The number of anilines is 4. The molecule has 7 aromatic rings. The fraction of sp³-hybridized carbons (Fsp3) is 0.298. The quantitative estimate of drug-likeness (QED) is 0.0180. The van der Waals surface area contributed by atoms with Gasteiger partial charge in [0.25, 0.3) is 11.8 Å². The van der Waals surface area contributed by atoms with E-state index in [-0.39, 0.29) is 5.56 Å². The monoisotopic (exact) mass is 1390 g/mol. The predicted molar refractivity (Wildman–Crippen MR) is 413 cm³/mol. The number of carbonyl (C=O) groups is 3. The van der Waals surface area contributed by atoms with Gasteiger partial charge < -0.3 is 43.5 Å². The van der Waals surface area contributed by atoms with Crippen molar-refractivity contribution < 1.29 is 48.7 Å². The van der Waals surface area contributed by atoms with Crippen LogP contribution in [0, 0.1) is 0 Å². The van der Waals surface area contributed by atoms with Crippen molar-refractivity contribution in [2.24, 2.45) is 5.90 Å². The van der Waals surface area contributed by atoms with Gasteiger partial charge in [0, 0.05) is 172 Å². The van der Waals surface area contributed by atoms with Gasteiger partial charge >= 0.3 is 5.97 Å². The Bertz CT molecular complexity index is 4870. The first kappa shape index (κ1) is 74.8. The molecule has 536 valence electrons. The van der Waals surface area contributed by atoms with E-state index >= 15 is 0 Å². The molecule has 19 heteroatoms. The molecule has 0 fully saturated rings. The summed E-state index contributed by atoms with van der Waals surface area (Å²) in [5.41, 5.74) is 14.9. The van der Waals surface area contributed by atoms with Crippen LogP contribution in [0.25, 0.3) is 66.8 Å². The Labute approximate surface area is 603 Å². The number of nitrogens with one attached hydrogen (secondary N) is 1. The van der Waals surface area contributed by atoms with E-state index in [1.54, 1.807) is 35.8 Å². The van der Waals surface area contributed by atoms with E-state index in [0.29, 0.717) is 28.2 Å². The third-order valence-corrected chi connectivity index (χ3v) is 20.1. The Morgan fingerprint density at radius 1 is 0.447 bits per heavy atom. The Balaban J connectivity index is 0.000000164. The number of fused-ring (bicyclic) bond motifs is 10. The van der Waals surface area contributed by atoms with Crippen LogP contribution in [0.4, 0.5) is 22.7 Å². The average molecular weight is 1390 g/mol. The zero-order chi connectivity index (χ0) is 73.8. The number of carboxylic acid groups (broad SMARTS) is 1. The minimum atomic E-state index is -1.17. The van der Waals surface area contributed by atoms with Gasteiger partial charge in [0.15, 0.2) is 5.54 Å². The zero-order valence-corrected chi connectivity index (χ0v) is 61.3. The minimum Gasteiger partial charge on any atom is -0.478 e. The van der Waals surface area contributed by atoms with Gasteiger partial charge in [0.1, 0.15) is 60.4 Å². The van der Waals surface area contributed by atoms with Gasteiger partial charge in [0.2, 0.25) is 10.7 Å². The fourth-order valence-electron chi connectivity index (χ4n) is 14.8. The van der Waals surface area contributed by atoms with Crippen LogP contribution in [0.3, 0.4) is 0 Å². The molecule has 7 aromatic carbocycles. The van der Waals surface area contributed by atoms with Crippen LogP contribution in [0.5, 0.6) is 11.5 Å². The zero-order valence-electron chi connectivity index (χ0n) is 61.3. The molecule has 0 saturated heterocycles. The van der Waals surface area contributed by atoms with Crippen LogP contribution in [-0.2, 0) is 5.54 Å². The van der Waals surface area contributed by atoms with Crippen molar-refractivity contribution in [3.8, 4) is 56.4 Å². The van der Waals surface area contributed by atoms with Gasteiger partial charge in [-0.05, 0) is 161 Å². The smallest absolute Gasteiger partial charge is 0.336 e. The van der Waals surface area contributed by atoms with Crippen molar-refractivity contribution >= 4 is 62.5 Å². The van der Waals surface area contributed by atoms with E-state index in [4.69, 9.17) is 18.8 Å². The molecule has 2 aliphatic carbocycles. The van der Waals surface area contributed by atoms with Gasteiger partial charge in [0.05, 0.1) is 17.7 Å². The lowest BCUT2D eigenvalue weighted by Gasteiger charge is -2.41. The SMILES string of the molecule is CCN(CC)c1ccc2c(-c3ccccc3C(=O)NO)c3ccc(=[N+](CC)CC)cc-3oc2c1.CCN(CC)c1ccc2c(-c3ccccc3C(=O)O)c3ccc(=[N+](CC)CC)cc-3oc2c1.CCN(CC)c1ccc2c(c1)Oc1cc(N(CC)CC)ccc1C21c2ccccc2C(=O)N1O.NO. The fourth-order valence-corrected chi connectivity index (χ4v) is 14.8. The van der Waals surface area contributed by atoms with Crippen molar-refractivity contribution in [1.29, 1.82) is 0 Å². The summed E-state index contributed by atoms with van der Waals surface area (Å²) in [6.45, 7) is 36.2. The molecule has 6 aliphatic rings. The summed E-state index contributed by atoms with van der Waals surface area (Å²) < 4.78 is 24.0. The molecule has 1 spiro atoms. The molecule has 0 atom stereocenters. The van der Waals surface area contributed by atoms with Gasteiger partial charge in [-0.25, -0.2) is 30.4 Å². The number of amides is 2. The first-order valence-electron chi connectivity index (χ1n) is 36.0. The molecular weight excluding hydrogens is 1290 g/mol. The average Bonchev–Trinajstić information content (AvgIpc) is 1.56. The molecule has 0 aromatic heterocycles. The molecule has 0 unspecified atom stereocenters. The van der Waals surface area contributed by atoms with Gasteiger partial charge in [-0.1, -0.05) is 66.7 Å². The summed E-state index contributed by atoms with van der Waals surface area (Å²) in [6.07, 6.45) is 0. The third-order valence-electron chi connectivity index (χ3n) is 20.1. The van der Waals surface area contributed by atoms with E-state index in [1.807, 2.05) is 78.9 Å². The van der Waals surface area contributed by atoms with Gasteiger partial charge in [-0.2, -0.15) is 0 Å². The molecule has 2 amide bonds. The van der Waals surface area contributed by atoms with Crippen molar-refractivity contribution in [1.82, 2.24) is 19.7 Å². The number of benzene rings is 9. The van der Waals surface area contributed by atoms with Crippen LogP contribution in [0.15, 0.2) is 191 Å². The van der Waals surface area contributed by atoms with Crippen molar-refractivity contribution in [3.63, 3.8) is 0 Å². The summed E-state index contributed by atoms with van der Waals surface area (Å²) in [5, 5.41) is 42.1. The summed E-state index contributed by atoms with van der Waals surface area (Å²) in [5.74, 6) is 4.41. The van der Waals surface area contributed by atoms with Crippen LogP contribution in [-0.4, -0.2) is 122 Å². The van der Waals surface area contributed by atoms with E-state index in [0.717, 1.165) is 195 Å². The second-order valence-corrected chi connectivity index (χ2v) is 24.9. The summed E-state index contributed by atoms with van der Waals surface area (Å²) in [7, 11) is 0. The maximum absolute atomic E-state index is 13.2. The Kier molecular flexibility index (Phi) is 24.2. The molecule has 103 heavy (non-hydrogen) atoms. The molecule has 4 aliphatic heterocycles. The lowest BCUT2D eigenvalue weighted by atomic mass is 9.75. The van der Waals surface area contributed by atoms with E-state index in [1.165, 1.54) is 0 Å². The summed E-state index contributed by atoms with van der Waals surface area (Å²) >= 11 is 0. The van der Waals surface area contributed by atoms with Crippen LogP contribution >= 0.6 is 0 Å². The highest BCUT2D eigenvalue weighted by atomic mass is 16.5. The van der Waals surface area contributed by atoms with Crippen LogP contribution < -0.4 is 55.6 Å². The van der Waals surface area contributed by atoms with Crippen molar-refractivity contribution in [3.05, 3.63) is 226 Å². The largest absolute Gasteiger partial charge is 0.478 e. The summed E-state index contributed by atoms with van der Waals surface area (Å²) in [6, 6.07) is 59.0. The van der Waals surface area contributed by atoms with E-state index in [9.17, 15) is 29.9 Å². The van der Waals surface area contributed by atoms with Gasteiger partial charge in [-0.3, -0.25) is 20.0 Å². The molecule has 7 N–H and O–H groups in total.